The summed E-state index contributed by atoms with van der Waals surface area (Å²) in [4.78, 5) is 2.49. The molecule has 1 aliphatic rings. The van der Waals surface area contributed by atoms with Gasteiger partial charge in [-0.25, -0.2) is 0 Å². The number of hydrogen-bond donors (Lipinski definition) is 0. The second-order valence-electron chi connectivity index (χ2n) is 18.3. The molecule has 0 saturated heterocycles. The van der Waals surface area contributed by atoms with Gasteiger partial charge in [0.05, 0.1) is 11.1 Å². The molecule has 1 nitrogen and oxygen atoms in total. The van der Waals surface area contributed by atoms with E-state index in [0.717, 1.165) is 17.1 Å². The molecule has 1 aliphatic carbocycles. The van der Waals surface area contributed by atoms with Crippen LogP contribution in [0.5, 0.6) is 0 Å². The Labute approximate surface area is 415 Å². The maximum atomic E-state index is 2.49. The standard InChI is InChI=1S/C67H43NS2/c1-3-18-48(19-4-1)67(49-20-5-2-6-21-49)59-30-10-7-25-58(59)64-60(67)31-16-32-61(64)68(51-22-13-17-47(43-51)53-27-15-29-57-55-24-9-12-34-63(55)70-66(53)57)50-41-39-45(40-42-50)44-35-37-46(38-36-44)52-26-14-28-56-54-23-8-11-33-62(54)69-65(52)56/h1-43H. The minimum absolute atomic E-state index is 0.521. The molecule has 0 radical (unpaired) electrons. The van der Waals surface area contributed by atoms with Crippen LogP contribution in [0.1, 0.15) is 22.3 Å². The predicted molar refractivity (Wildman–Crippen MR) is 301 cm³/mol. The van der Waals surface area contributed by atoms with Gasteiger partial charge in [0.15, 0.2) is 0 Å². The van der Waals surface area contributed by atoms with Crippen LogP contribution in [-0.2, 0) is 5.41 Å². The van der Waals surface area contributed by atoms with Gasteiger partial charge >= 0.3 is 0 Å². The van der Waals surface area contributed by atoms with Crippen molar-refractivity contribution >= 4 is 80.1 Å². The highest BCUT2D eigenvalue weighted by atomic mass is 32.1. The molecule has 0 fully saturated rings. The van der Waals surface area contributed by atoms with Crippen LogP contribution in [0, 0.1) is 0 Å². The third-order valence-corrected chi connectivity index (χ3v) is 17.0. The highest BCUT2D eigenvalue weighted by Crippen LogP contribution is 2.59. The Balaban J connectivity index is 0.935. The zero-order chi connectivity index (χ0) is 46.2. The zero-order valence-corrected chi connectivity index (χ0v) is 39.7. The molecule has 13 aromatic rings. The fourth-order valence-electron chi connectivity index (χ4n) is 11.5. The van der Waals surface area contributed by atoms with Crippen LogP contribution >= 0.6 is 22.7 Å². The molecule has 0 amide bonds. The van der Waals surface area contributed by atoms with Crippen LogP contribution in [-0.4, -0.2) is 0 Å². The summed E-state index contributed by atoms with van der Waals surface area (Å²) in [5.74, 6) is 0. The van der Waals surface area contributed by atoms with Crippen molar-refractivity contribution in [3.05, 3.63) is 283 Å². The van der Waals surface area contributed by atoms with E-state index in [1.807, 2.05) is 22.7 Å². The monoisotopic (exact) mass is 925 g/mol. The average molecular weight is 926 g/mol. The highest BCUT2D eigenvalue weighted by Gasteiger charge is 2.47. The maximum absolute atomic E-state index is 2.49. The van der Waals surface area contributed by atoms with E-state index < -0.39 is 5.41 Å². The minimum atomic E-state index is -0.521. The van der Waals surface area contributed by atoms with Crippen molar-refractivity contribution in [2.24, 2.45) is 0 Å². The summed E-state index contributed by atoms with van der Waals surface area (Å²) >= 11 is 3.76. The van der Waals surface area contributed by atoms with Gasteiger partial charge in [-0.05, 0) is 104 Å². The van der Waals surface area contributed by atoms with Crippen LogP contribution in [0.3, 0.4) is 0 Å². The summed E-state index contributed by atoms with van der Waals surface area (Å²) in [6.45, 7) is 0. The van der Waals surface area contributed by atoms with Crippen molar-refractivity contribution < 1.29 is 0 Å². The van der Waals surface area contributed by atoms with Crippen molar-refractivity contribution in [3.8, 4) is 44.5 Å². The van der Waals surface area contributed by atoms with Crippen LogP contribution < -0.4 is 4.90 Å². The van der Waals surface area contributed by atoms with E-state index in [9.17, 15) is 0 Å². The molecule has 0 unspecified atom stereocenters. The molecular weight excluding hydrogens is 883 g/mol. The van der Waals surface area contributed by atoms with E-state index in [0.29, 0.717) is 0 Å². The van der Waals surface area contributed by atoms with Gasteiger partial charge in [-0.2, -0.15) is 0 Å². The summed E-state index contributed by atoms with van der Waals surface area (Å²) in [7, 11) is 0. The Morgan fingerprint density at radius 3 is 1.41 bits per heavy atom. The normalized spacial score (nSPS) is 12.7. The lowest BCUT2D eigenvalue weighted by Crippen LogP contribution is -2.28. The molecule has 328 valence electrons. The molecule has 3 heteroatoms. The Hall–Kier alpha value is -8.34. The van der Waals surface area contributed by atoms with Crippen molar-refractivity contribution in [1.82, 2.24) is 0 Å². The zero-order valence-electron chi connectivity index (χ0n) is 38.1. The molecular formula is C67H43NS2. The Morgan fingerprint density at radius 2 is 0.771 bits per heavy atom. The Bertz CT molecular complexity index is 4070. The molecule has 70 heavy (non-hydrogen) atoms. The number of benzene rings is 11. The number of thiophene rings is 2. The number of nitrogens with zero attached hydrogens (tertiary/aromatic N) is 1. The van der Waals surface area contributed by atoms with E-state index in [2.05, 4.69) is 266 Å². The summed E-state index contributed by atoms with van der Waals surface area (Å²) < 4.78 is 5.29. The highest BCUT2D eigenvalue weighted by molar-refractivity contribution is 7.26. The van der Waals surface area contributed by atoms with Gasteiger partial charge in [0.2, 0.25) is 0 Å². The third kappa shape index (κ3) is 6.29. The fraction of sp³-hybridized carbons (Fsp3) is 0.0149. The van der Waals surface area contributed by atoms with Crippen molar-refractivity contribution in [2.75, 3.05) is 4.90 Å². The molecule has 0 bridgehead atoms. The topological polar surface area (TPSA) is 3.24 Å². The molecule has 0 atom stereocenters. The van der Waals surface area contributed by atoms with Gasteiger partial charge in [0, 0.05) is 57.3 Å². The SMILES string of the molecule is c1ccc(C2(c3ccccc3)c3ccccc3-c3c(N(c4ccc(-c5ccc(-c6cccc7c6sc6ccccc67)cc5)cc4)c4cccc(-c5cccc6c5sc5ccccc56)c4)cccc32)cc1. The number of rotatable bonds is 8. The van der Waals surface area contributed by atoms with E-state index in [4.69, 9.17) is 0 Å². The van der Waals surface area contributed by atoms with E-state index >= 15 is 0 Å². The average Bonchev–Trinajstić information content (AvgIpc) is 4.11. The first-order chi connectivity index (χ1) is 34.7. The van der Waals surface area contributed by atoms with Crippen LogP contribution in [0.15, 0.2) is 261 Å². The Morgan fingerprint density at radius 1 is 0.300 bits per heavy atom. The first-order valence-electron chi connectivity index (χ1n) is 24.0. The van der Waals surface area contributed by atoms with E-state index in [-0.39, 0.29) is 0 Å². The maximum Gasteiger partial charge on any atom is 0.0714 e. The molecule has 2 aromatic heterocycles. The number of hydrogen-bond acceptors (Lipinski definition) is 3. The van der Waals surface area contributed by atoms with Gasteiger partial charge in [-0.1, -0.05) is 218 Å². The lowest BCUT2D eigenvalue weighted by atomic mass is 9.68. The van der Waals surface area contributed by atoms with Gasteiger partial charge in [-0.15, -0.1) is 22.7 Å². The fourth-order valence-corrected chi connectivity index (χ4v) is 14.0. The number of fused-ring (bicyclic) bond motifs is 9. The van der Waals surface area contributed by atoms with Crippen LogP contribution in [0.4, 0.5) is 17.1 Å². The molecule has 2 heterocycles. The number of anilines is 3. The smallest absolute Gasteiger partial charge is 0.0714 e. The minimum Gasteiger partial charge on any atom is -0.310 e. The molecule has 0 N–H and O–H groups in total. The summed E-state index contributed by atoms with van der Waals surface area (Å²) in [5, 5.41) is 5.26. The van der Waals surface area contributed by atoms with Crippen LogP contribution in [0.25, 0.3) is 84.9 Å². The summed E-state index contributed by atoms with van der Waals surface area (Å²) in [6, 6.07) is 96.7. The molecule has 0 aliphatic heterocycles. The first-order valence-corrected chi connectivity index (χ1v) is 25.6. The van der Waals surface area contributed by atoms with Crippen LogP contribution in [0.2, 0.25) is 0 Å². The summed E-state index contributed by atoms with van der Waals surface area (Å²) in [6.07, 6.45) is 0. The van der Waals surface area contributed by atoms with Crippen molar-refractivity contribution in [2.45, 2.75) is 5.41 Å². The van der Waals surface area contributed by atoms with Gasteiger partial charge < -0.3 is 4.90 Å². The third-order valence-electron chi connectivity index (χ3n) is 14.6. The van der Waals surface area contributed by atoms with E-state index in [1.165, 1.54) is 107 Å². The summed E-state index contributed by atoms with van der Waals surface area (Å²) in [5.41, 5.74) is 17.7. The second kappa shape index (κ2) is 16.4. The molecule has 14 rings (SSSR count). The second-order valence-corrected chi connectivity index (χ2v) is 20.4. The largest absolute Gasteiger partial charge is 0.310 e. The Kier molecular flexibility index (Phi) is 9.55. The van der Waals surface area contributed by atoms with Crippen molar-refractivity contribution in [1.29, 1.82) is 0 Å². The molecule has 0 saturated carbocycles. The van der Waals surface area contributed by atoms with E-state index in [1.54, 1.807) is 0 Å². The lowest BCUT2D eigenvalue weighted by Gasteiger charge is -2.34. The van der Waals surface area contributed by atoms with Gasteiger partial charge in [-0.3, -0.25) is 0 Å². The molecule has 11 aromatic carbocycles. The lowest BCUT2D eigenvalue weighted by molar-refractivity contribution is 0.768. The molecule has 0 spiro atoms. The van der Waals surface area contributed by atoms with Gasteiger partial charge in [0.25, 0.3) is 0 Å². The first kappa shape index (κ1) is 40.7. The van der Waals surface area contributed by atoms with Crippen molar-refractivity contribution in [3.63, 3.8) is 0 Å². The van der Waals surface area contributed by atoms with Gasteiger partial charge in [0.1, 0.15) is 0 Å². The predicted octanol–water partition coefficient (Wildman–Crippen LogP) is 19.3. The quantitative estimate of drug-likeness (QED) is 0.147.